The fourth-order valence-electron chi connectivity index (χ4n) is 1.28. The van der Waals surface area contributed by atoms with E-state index < -0.39 is 6.09 Å². The Hall–Kier alpha value is -0.440. The summed E-state index contributed by atoms with van der Waals surface area (Å²) in [5, 5.41) is 8.59. The van der Waals surface area contributed by atoms with Gasteiger partial charge in [0, 0.05) is 19.0 Å². The first-order chi connectivity index (χ1) is 5.24. The number of piperidine rings is 1. The molecule has 1 N–H and O–H groups in total. The lowest BCUT2D eigenvalue weighted by Gasteiger charge is -2.28. The van der Waals surface area contributed by atoms with Crippen LogP contribution < -0.4 is 0 Å². The molecule has 1 rings (SSSR count). The Morgan fingerprint density at radius 2 is 2.09 bits per heavy atom. The molecule has 0 unspecified atom stereocenters. The van der Waals surface area contributed by atoms with E-state index in [1.165, 1.54) is 4.90 Å². The summed E-state index contributed by atoms with van der Waals surface area (Å²) in [5.74, 6) is 1.18. The van der Waals surface area contributed by atoms with E-state index in [1.54, 1.807) is 0 Å². The Balaban J connectivity index is 2.30. The number of carboxylic acid groups (broad SMARTS) is 1. The summed E-state index contributed by atoms with van der Waals surface area (Å²) in [7, 11) is 0. The maximum absolute atomic E-state index is 10.4. The van der Waals surface area contributed by atoms with Crippen LogP contribution in [0.2, 0.25) is 0 Å². The van der Waals surface area contributed by atoms with Crippen molar-refractivity contribution in [2.45, 2.75) is 12.8 Å². The SMILES string of the molecule is O=C(O)N1CCC(CCl)CC1. The van der Waals surface area contributed by atoms with Crippen LogP contribution in [0.1, 0.15) is 12.8 Å². The van der Waals surface area contributed by atoms with E-state index in [2.05, 4.69) is 0 Å². The predicted octanol–water partition coefficient (Wildman–Crippen LogP) is 1.62. The maximum Gasteiger partial charge on any atom is 0.407 e. The van der Waals surface area contributed by atoms with Crippen molar-refractivity contribution >= 4 is 17.7 Å². The molecule has 1 aliphatic rings. The van der Waals surface area contributed by atoms with Crippen molar-refractivity contribution in [3.63, 3.8) is 0 Å². The van der Waals surface area contributed by atoms with Gasteiger partial charge in [-0.2, -0.15) is 0 Å². The molecule has 64 valence electrons. The molecule has 0 aliphatic carbocycles. The van der Waals surface area contributed by atoms with E-state index in [4.69, 9.17) is 16.7 Å². The fourth-order valence-corrected chi connectivity index (χ4v) is 1.59. The number of carbonyl (C=O) groups is 1. The van der Waals surface area contributed by atoms with Gasteiger partial charge in [0.05, 0.1) is 0 Å². The largest absolute Gasteiger partial charge is 0.465 e. The first kappa shape index (κ1) is 8.65. The van der Waals surface area contributed by atoms with E-state index in [9.17, 15) is 4.79 Å². The van der Waals surface area contributed by atoms with Crippen molar-refractivity contribution in [2.24, 2.45) is 5.92 Å². The molecule has 0 saturated carbocycles. The fraction of sp³-hybridized carbons (Fsp3) is 0.857. The number of nitrogens with zero attached hydrogens (tertiary/aromatic N) is 1. The maximum atomic E-state index is 10.4. The molecule has 4 heteroatoms. The van der Waals surface area contributed by atoms with E-state index >= 15 is 0 Å². The highest BCUT2D eigenvalue weighted by Crippen LogP contribution is 2.17. The van der Waals surface area contributed by atoms with Crippen molar-refractivity contribution in [2.75, 3.05) is 19.0 Å². The van der Waals surface area contributed by atoms with Crippen molar-refractivity contribution in [3.05, 3.63) is 0 Å². The second-order valence-corrected chi connectivity index (χ2v) is 3.18. The molecular weight excluding hydrogens is 166 g/mol. The molecule has 1 aliphatic heterocycles. The van der Waals surface area contributed by atoms with E-state index in [-0.39, 0.29) is 0 Å². The van der Waals surface area contributed by atoms with Gasteiger partial charge < -0.3 is 10.0 Å². The Morgan fingerprint density at radius 1 is 1.55 bits per heavy atom. The number of amides is 1. The van der Waals surface area contributed by atoms with E-state index in [0.717, 1.165) is 12.8 Å². The smallest absolute Gasteiger partial charge is 0.407 e. The van der Waals surface area contributed by atoms with Gasteiger partial charge in [0.1, 0.15) is 0 Å². The van der Waals surface area contributed by atoms with E-state index in [0.29, 0.717) is 24.9 Å². The third-order valence-electron chi connectivity index (χ3n) is 2.10. The molecule has 3 nitrogen and oxygen atoms in total. The van der Waals surface area contributed by atoms with Gasteiger partial charge >= 0.3 is 6.09 Å². The summed E-state index contributed by atoms with van der Waals surface area (Å²) in [4.78, 5) is 11.9. The van der Waals surface area contributed by atoms with Gasteiger partial charge in [-0.25, -0.2) is 4.79 Å². The summed E-state index contributed by atoms with van der Waals surface area (Å²) < 4.78 is 0. The monoisotopic (exact) mass is 177 g/mol. The Bertz CT molecular complexity index is 143. The van der Waals surface area contributed by atoms with Gasteiger partial charge in [-0.05, 0) is 18.8 Å². The Morgan fingerprint density at radius 3 is 2.45 bits per heavy atom. The first-order valence-electron chi connectivity index (χ1n) is 3.78. The van der Waals surface area contributed by atoms with Gasteiger partial charge in [0.2, 0.25) is 0 Å². The lowest BCUT2D eigenvalue weighted by Crippen LogP contribution is -2.37. The Kier molecular flexibility index (Phi) is 3.00. The highest BCUT2D eigenvalue weighted by atomic mass is 35.5. The van der Waals surface area contributed by atoms with Crippen LogP contribution in [-0.4, -0.2) is 35.1 Å². The molecule has 0 radical (unpaired) electrons. The highest BCUT2D eigenvalue weighted by Gasteiger charge is 2.20. The zero-order chi connectivity index (χ0) is 8.27. The van der Waals surface area contributed by atoms with E-state index in [1.807, 2.05) is 0 Å². The number of hydrogen-bond donors (Lipinski definition) is 1. The number of likely N-dealkylation sites (tertiary alicyclic amines) is 1. The minimum atomic E-state index is -0.807. The van der Waals surface area contributed by atoms with Crippen LogP contribution in [0.15, 0.2) is 0 Å². The number of alkyl halides is 1. The van der Waals surface area contributed by atoms with Crippen molar-refractivity contribution < 1.29 is 9.90 Å². The molecular formula is C7H12ClNO2. The predicted molar refractivity (Wildman–Crippen MR) is 43.0 cm³/mol. The zero-order valence-electron chi connectivity index (χ0n) is 6.29. The van der Waals surface area contributed by atoms with Gasteiger partial charge in [-0.1, -0.05) is 0 Å². The molecule has 0 atom stereocenters. The van der Waals surface area contributed by atoms with Crippen LogP contribution >= 0.6 is 11.6 Å². The number of rotatable bonds is 1. The molecule has 0 bridgehead atoms. The standard InChI is InChI=1S/C7H12ClNO2/c8-5-6-1-3-9(4-2-6)7(10)11/h6H,1-5H2,(H,10,11). The molecule has 1 amide bonds. The van der Waals surface area contributed by atoms with Crippen LogP contribution in [0.25, 0.3) is 0 Å². The molecule has 1 heterocycles. The number of hydrogen-bond acceptors (Lipinski definition) is 1. The van der Waals surface area contributed by atoms with Gasteiger partial charge in [-0.15, -0.1) is 11.6 Å². The Labute approximate surface area is 70.9 Å². The van der Waals surface area contributed by atoms with Gasteiger partial charge in [-0.3, -0.25) is 0 Å². The topological polar surface area (TPSA) is 40.5 Å². The second kappa shape index (κ2) is 3.81. The lowest BCUT2D eigenvalue weighted by atomic mass is 9.99. The molecule has 1 saturated heterocycles. The van der Waals surface area contributed by atoms with Crippen LogP contribution in [-0.2, 0) is 0 Å². The average Bonchev–Trinajstić information content (AvgIpc) is 2.05. The molecule has 0 aromatic heterocycles. The lowest BCUT2D eigenvalue weighted by molar-refractivity contribution is 0.127. The molecule has 0 spiro atoms. The third-order valence-corrected chi connectivity index (χ3v) is 2.54. The third kappa shape index (κ3) is 2.26. The minimum Gasteiger partial charge on any atom is -0.465 e. The van der Waals surface area contributed by atoms with Gasteiger partial charge in [0.15, 0.2) is 0 Å². The van der Waals surface area contributed by atoms with Crippen molar-refractivity contribution in [3.8, 4) is 0 Å². The van der Waals surface area contributed by atoms with Crippen LogP contribution in [0.5, 0.6) is 0 Å². The second-order valence-electron chi connectivity index (χ2n) is 2.87. The highest BCUT2D eigenvalue weighted by molar-refractivity contribution is 6.18. The number of halogens is 1. The van der Waals surface area contributed by atoms with Crippen LogP contribution in [0.4, 0.5) is 4.79 Å². The summed E-state index contributed by atoms with van der Waals surface area (Å²) >= 11 is 5.64. The summed E-state index contributed by atoms with van der Waals surface area (Å²) in [6.45, 7) is 1.29. The molecule has 0 aromatic carbocycles. The summed E-state index contributed by atoms with van der Waals surface area (Å²) in [6, 6.07) is 0. The van der Waals surface area contributed by atoms with Crippen molar-refractivity contribution in [1.82, 2.24) is 4.90 Å². The van der Waals surface area contributed by atoms with Crippen molar-refractivity contribution in [1.29, 1.82) is 0 Å². The summed E-state index contributed by atoms with van der Waals surface area (Å²) in [5.41, 5.74) is 0. The van der Waals surface area contributed by atoms with Crippen LogP contribution in [0.3, 0.4) is 0 Å². The van der Waals surface area contributed by atoms with Gasteiger partial charge in [0.25, 0.3) is 0 Å². The average molecular weight is 178 g/mol. The normalized spacial score (nSPS) is 20.3. The first-order valence-corrected chi connectivity index (χ1v) is 4.31. The molecule has 0 aromatic rings. The molecule has 11 heavy (non-hydrogen) atoms. The minimum absolute atomic E-state index is 0.521. The zero-order valence-corrected chi connectivity index (χ0v) is 7.05. The quantitative estimate of drug-likeness (QED) is 0.619. The molecule has 1 fully saturated rings. The van der Waals surface area contributed by atoms with Crippen LogP contribution in [0, 0.1) is 5.92 Å². The summed E-state index contributed by atoms with van der Waals surface area (Å²) in [6.07, 6.45) is 1.02.